The predicted octanol–water partition coefficient (Wildman–Crippen LogP) is 3.30. The molecule has 0 aliphatic carbocycles. The molecule has 2 amide bonds. The Morgan fingerprint density at radius 3 is 2.61 bits per heavy atom. The first-order valence-corrected chi connectivity index (χ1v) is 10.5. The molecule has 28 heavy (non-hydrogen) atoms. The number of rotatable bonds is 9. The summed E-state index contributed by atoms with van der Waals surface area (Å²) in [7, 11) is 1.63. The maximum Gasteiger partial charge on any atom is 0.231 e. The molecule has 0 saturated heterocycles. The molecular formula is C20H21N3O3S2. The van der Waals surface area contributed by atoms with E-state index in [1.807, 2.05) is 41.8 Å². The largest absolute Gasteiger partial charge is 0.497 e. The van der Waals surface area contributed by atoms with Gasteiger partial charge in [0.25, 0.3) is 0 Å². The van der Waals surface area contributed by atoms with E-state index in [1.165, 1.54) is 11.3 Å². The van der Waals surface area contributed by atoms with Crippen LogP contribution in [0.1, 0.15) is 16.1 Å². The number of nitrogens with one attached hydrogen (secondary N) is 2. The summed E-state index contributed by atoms with van der Waals surface area (Å²) in [5.74, 6) is 0.622. The molecule has 0 aliphatic rings. The van der Waals surface area contributed by atoms with E-state index in [0.717, 1.165) is 22.6 Å². The lowest BCUT2D eigenvalue weighted by atomic mass is 10.1. The van der Waals surface area contributed by atoms with E-state index in [4.69, 9.17) is 4.74 Å². The molecule has 2 heterocycles. The van der Waals surface area contributed by atoms with Gasteiger partial charge in [0.2, 0.25) is 11.8 Å². The van der Waals surface area contributed by atoms with Gasteiger partial charge in [-0.1, -0.05) is 18.2 Å². The van der Waals surface area contributed by atoms with Crippen molar-refractivity contribution in [3.05, 3.63) is 63.3 Å². The van der Waals surface area contributed by atoms with Gasteiger partial charge in [-0.05, 0) is 35.6 Å². The van der Waals surface area contributed by atoms with Crippen molar-refractivity contribution in [1.29, 1.82) is 0 Å². The molecule has 0 atom stereocenters. The highest BCUT2D eigenvalue weighted by Crippen LogP contribution is 2.17. The Kier molecular flexibility index (Phi) is 7.16. The van der Waals surface area contributed by atoms with Gasteiger partial charge in [0, 0.05) is 16.8 Å². The average molecular weight is 416 g/mol. The van der Waals surface area contributed by atoms with Crippen LogP contribution in [-0.4, -0.2) is 30.5 Å². The smallest absolute Gasteiger partial charge is 0.231 e. The second kappa shape index (κ2) is 10.0. The lowest BCUT2D eigenvalue weighted by molar-refractivity contribution is -0.120. The molecule has 0 saturated carbocycles. The molecule has 8 heteroatoms. The molecule has 0 aliphatic heterocycles. The Morgan fingerprint density at radius 2 is 1.89 bits per heavy atom. The van der Waals surface area contributed by atoms with Crippen LogP contribution in [0.4, 0.5) is 5.13 Å². The summed E-state index contributed by atoms with van der Waals surface area (Å²) in [6.07, 6.45) is 1.27. The van der Waals surface area contributed by atoms with E-state index in [9.17, 15) is 9.59 Å². The lowest BCUT2D eigenvalue weighted by Crippen LogP contribution is -2.27. The summed E-state index contributed by atoms with van der Waals surface area (Å²) >= 11 is 2.87. The van der Waals surface area contributed by atoms with Crippen LogP contribution in [0, 0.1) is 0 Å². The van der Waals surface area contributed by atoms with Gasteiger partial charge in [-0.25, -0.2) is 4.98 Å². The second-order valence-corrected chi connectivity index (χ2v) is 7.96. The Bertz CT molecular complexity index is 905. The van der Waals surface area contributed by atoms with Crippen LogP contribution < -0.4 is 15.4 Å². The van der Waals surface area contributed by atoms with Gasteiger partial charge >= 0.3 is 0 Å². The van der Waals surface area contributed by atoms with Crippen molar-refractivity contribution in [2.24, 2.45) is 0 Å². The number of thiophene rings is 1. The first-order chi connectivity index (χ1) is 13.6. The molecule has 0 spiro atoms. The molecule has 146 valence electrons. The number of carbonyl (C=O) groups excluding carboxylic acids is 2. The third kappa shape index (κ3) is 6.17. The molecule has 0 unspecified atom stereocenters. The SMILES string of the molecule is COc1ccc(CCNC(=O)Cc2csc(NC(=O)Cc3cccs3)n2)cc1. The van der Waals surface area contributed by atoms with E-state index in [0.29, 0.717) is 23.8 Å². The maximum absolute atomic E-state index is 12.1. The minimum atomic E-state index is -0.104. The van der Waals surface area contributed by atoms with E-state index in [1.54, 1.807) is 23.8 Å². The number of amides is 2. The fourth-order valence-corrected chi connectivity index (χ4v) is 3.98. The van der Waals surface area contributed by atoms with Gasteiger partial charge in [-0.3, -0.25) is 9.59 Å². The van der Waals surface area contributed by atoms with Gasteiger partial charge < -0.3 is 15.4 Å². The Hall–Kier alpha value is -2.71. The lowest BCUT2D eigenvalue weighted by Gasteiger charge is -2.05. The van der Waals surface area contributed by atoms with Crippen LogP contribution in [0.15, 0.2) is 47.2 Å². The number of benzene rings is 1. The van der Waals surface area contributed by atoms with Gasteiger partial charge in [-0.15, -0.1) is 22.7 Å². The molecule has 1 aromatic carbocycles. The number of aromatic nitrogens is 1. The Labute approximate surface area is 171 Å². The topological polar surface area (TPSA) is 80.3 Å². The van der Waals surface area contributed by atoms with Gasteiger partial charge in [-0.2, -0.15) is 0 Å². The van der Waals surface area contributed by atoms with Crippen LogP contribution in [0.5, 0.6) is 5.75 Å². The van der Waals surface area contributed by atoms with Gasteiger partial charge in [0.15, 0.2) is 5.13 Å². The van der Waals surface area contributed by atoms with Crippen molar-refractivity contribution < 1.29 is 14.3 Å². The molecule has 0 fully saturated rings. The summed E-state index contributed by atoms with van der Waals surface area (Å²) in [6, 6.07) is 11.6. The fourth-order valence-electron chi connectivity index (χ4n) is 2.55. The zero-order valence-electron chi connectivity index (χ0n) is 15.4. The highest BCUT2D eigenvalue weighted by molar-refractivity contribution is 7.14. The summed E-state index contributed by atoms with van der Waals surface area (Å²) in [6.45, 7) is 0.555. The maximum atomic E-state index is 12.1. The minimum absolute atomic E-state index is 0.0877. The summed E-state index contributed by atoms with van der Waals surface area (Å²) < 4.78 is 5.13. The number of anilines is 1. The van der Waals surface area contributed by atoms with Crippen LogP contribution in [0.3, 0.4) is 0 Å². The number of nitrogens with zero attached hydrogens (tertiary/aromatic N) is 1. The van der Waals surface area contributed by atoms with Crippen molar-refractivity contribution >= 4 is 39.6 Å². The first-order valence-electron chi connectivity index (χ1n) is 8.78. The third-order valence-corrected chi connectivity index (χ3v) is 5.63. The monoisotopic (exact) mass is 415 g/mol. The zero-order chi connectivity index (χ0) is 19.8. The minimum Gasteiger partial charge on any atom is -0.497 e. The van der Waals surface area contributed by atoms with Crippen molar-refractivity contribution in [1.82, 2.24) is 10.3 Å². The number of methoxy groups -OCH3 is 1. The molecule has 0 bridgehead atoms. The van der Waals surface area contributed by atoms with Crippen molar-refractivity contribution in [2.75, 3.05) is 19.0 Å². The molecule has 2 aromatic heterocycles. The zero-order valence-corrected chi connectivity index (χ0v) is 17.1. The average Bonchev–Trinajstić information content (AvgIpc) is 3.34. The van der Waals surface area contributed by atoms with Crippen LogP contribution in [0.2, 0.25) is 0 Å². The van der Waals surface area contributed by atoms with E-state index in [-0.39, 0.29) is 18.2 Å². The van der Waals surface area contributed by atoms with Gasteiger partial charge in [0.1, 0.15) is 5.75 Å². The Balaban J connectivity index is 1.40. The van der Waals surface area contributed by atoms with E-state index in [2.05, 4.69) is 15.6 Å². The quantitative estimate of drug-likeness (QED) is 0.562. The normalized spacial score (nSPS) is 10.5. The van der Waals surface area contributed by atoms with E-state index < -0.39 is 0 Å². The third-order valence-electron chi connectivity index (χ3n) is 3.95. The number of hydrogen-bond acceptors (Lipinski definition) is 6. The highest BCUT2D eigenvalue weighted by atomic mass is 32.1. The number of carbonyl (C=O) groups is 2. The fraction of sp³-hybridized carbons (Fsp3) is 0.250. The molecule has 3 aromatic rings. The predicted molar refractivity (Wildman–Crippen MR) is 112 cm³/mol. The van der Waals surface area contributed by atoms with Crippen LogP contribution >= 0.6 is 22.7 Å². The molecule has 3 rings (SSSR count). The van der Waals surface area contributed by atoms with Gasteiger partial charge in [0.05, 0.1) is 25.6 Å². The summed E-state index contributed by atoms with van der Waals surface area (Å²) in [5.41, 5.74) is 1.78. The summed E-state index contributed by atoms with van der Waals surface area (Å²) in [4.78, 5) is 29.4. The van der Waals surface area contributed by atoms with Crippen molar-refractivity contribution in [3.8, 4) is 5.75 Å². The van der Waals surface area contributed by atoms with E-state index >= 15 is 0 Å². The second-order valence-electron chi connectivity index (χ2n) is 6.07. The highest BCUT2D eigenvalue weighted by Gasteiger charge is 2.10. The standard InChI is InChI=1S/C20H21N3O3S2/c1-26-16-6-4-14(5-7-16)8-9-21-18(24)11-15-13-28-20(22-15)23-19(25)12-17-3-2-10-27-17/h2-7,10,13H,8-9,11-12H2,1H3,(H,21,24)(H,22,23,25). The molecule has 0 radical (unpaired) electrons. The van der Waals surface area contributed by atoms with Crippen LogP contribution in [-0.2, 0) is 28.9 Å². The summed E-state index contributed by atoms with van der Waals surface area (Å²) in [5, 5.41) is 9.93. The van der Waals surface area contributed by atoms with Crippen molar-refractivity contribution in [3.63, 3.8) is 0 Å². The first kappa shape index (κ1) is 20.0. The van der Waals surface area contributed by atoms with Crippen LogP contribution in [0.25, 0.3) is 0 Å². The molecule has 2 N–H and O–H groups in total. The number of thiazole rings is 1. The Morgan fingerprint density at radius 1 is 1.07 bits per heavy atom. The number of hydrogen-bond donors (Lipinski definition) is 2. The molecular weight excluding hydrogens is 394 g/mol. The molecule has 6 nitrogen and oxygen atoms in total. The van der Waals surface area contributed by atoms with Crippen molar-refractivity contribution in [2.45, 2.75) is 19.3 Å². The number of ether oxygens (including phenoxy) is 1.